The Bertz CT molecular complexity index is 658. The van der Waals surface area contributed by atoms with Crippen LogP contribution in [0.25, 0.3) is 11.4 Å². The lowest BCUT2D eigenvalue weighted by atomic mass is 10.1. The van der Waals surface area contributed by atoms with Gasteiger partial charge in [-0.3, -0.25) is 9.89 Å². The summed E-state index contributed by atoms with van der Waals surface area (Å²) in [5.41, 5.74) is 1.60. The van der Waals surface area contributed by atoms with Crippen molar-refractivity contribution in [1.29, 1.82) is 0 Å². The number of aliphatic carboxylic acids is 1. The Morgan fingerprint density at radius 2 is 2.00 bits per heavy atom. The monoisotopic (exact) mass is 339 g/mol. The molecule has 8 heteroatoms. The molecular formula is C15H21N3O4S. The highest BCUT2D eigenvalue weighted by atomic mass is 32.2. The molecule has 2 rings (SSSR count). The second-order valence-electron chi connectivity index (χ2n) is 4.12. The number of hydrogen-bond acceptors (Lipinski definition) is 6. The number of nitrogens with zero attached hydrogens (tertiary/aromatic N) is 2. The van der Waals surface area contributed by atoms with Gasteiger partial charge in [0.25, 0.3) is 0 Å². The number of thioether (sulfide) groups is 1. The number of carboxylic acid groups (broad SMARTS) is 1. The van der Waals surface area contributed by atoms with E-state index >= 15 is 0 Å². The number of carboxylic acids is 1. The number of benzene rings is 1. The Hall–Kier alpha value is -2.22. The molecule has 1 aromatic heterocycles. The lowest BCUT2D eigenvalue weighted by molar-refractivity contribution is -0.133. The fourth-order valence-electron chi connectivity index (χ4n) is 1.90. The topological polar surface area (TPSA) is 97.3 Å². The maximum Gasteiger partial charge on any atom is 0.313 e. The maximum atomic E-state index is 10.5. The van der Waals surface area contributed by atoms with E-state index in [9.17, 15) is 4.79 Å². The van der Waals surface area contributed by atoms with Crippen LogP contribution in [0.3, 0.4) is 0 Å². The minimum Gasteiger partial charge on any atom is -0.496 e. The van der Waals surface area contributed by atoms with Gasteiger partial charge < -0.3 is 14.6 Å². The zero-order valence-corrected chi connectivity index (χ0v) is 14.7. The van der Waals surface area contributed by atoms with Crippen LogP contribution in [0.15, 0.2) is 17.3 Å². The summed E-state index contributed by atoms with van der Waals surface area (Å²) in [7, 11) is 3.16. The fourth-order valence-corrected chi connectivity index (χ4v) is 2.42. The zero-order valence-electron chi connectivity index (χ0n) is 13.8. The molecule has 0 saturated carbocycles. The van der Waals surface area contributed by atoms with E-state index in [0.29, 0.717) is 16.7 Å². The van der Waals surface area contributed by atoms with Gasteiger partial charge in [0.05, 0.1) is 25.5 Å². The second kappa shape index (κ2) is 9.04. The van der Waals surface area contributed by atoms with Crippen molar-refractivity contribution >= 4 is 17.7 Å². The molecule has 0 aliphatic heterocycles. The number of nitrogens with one attached hydrogen (secondary N) is 1. The molecule has 0 aliphatic carbocycles. The number of ether oxygens (including phenoxy) is 2. The third-order valence-electron chi connectivity index (χ3n) is 2.82. The standard InChI is InChI=1S/C13H15N3O4S.C2H6/c1-7-9(19-2)5-4-8(11(7)20-3)12-14-13(16-15-12)21-6-10(17)18;1-2/h4-5H,6H2,1-3H3,(H,17,18)(H,14,15,16);1-2H3. The first-order valence-electron chi connectivity index (χ1n) is 7.05. The highest BCUT2D eigenvalue weighted by Gasteiger charge is 2.16. The first-order valence-corrected chi connectivity index (χ1v) is 8.04. The maximum absolute atomic E-state index is 10.5. The largest absolute Gasteiger partial charge is 0.496 e. The van der Waals surface area contributed by atoms with Crippen molar-refractivity contribution in [2.24, 2.45) is 0 Å². The van der Waals surface area contributed by atoms with Crippen LogP contribution in [0.1, 0.15) is 19.4 Å². The van der Waals surface area contributed by atoms with E-state index in [1.807, 2.05) is 32.9 Å². The molecule has 0 atom stereocenters. The third kappa shape index (κ3) is 4.62. The zero-order chi connectivity index (χ0) is 17.4. The van der Waals surface area contributed by atoms with E-state index in [0.717, 1.165) is 28.6 Å². The predicted molar refractivity (Wildman–Crippen MR) is 89.4 cm³/mol. The third-order valence-corrected chi connectivity index (χ3v) is 3.66. The fraction of sp³-hybridized carbons (Fsp3) is 0.400. The molecule has 0 bridgehead atoms. The van der Waals surface area contributed by atoms with Crippen LogP contribution in [0.4, 0.5) is 0 Å². The number of aromatic amines is 1. The van der Waals surface area contributed by atoms with Gasteiger partial charge in [-0.2, -0.15) is 0 Å². The van der Waals surface area contributed by atoms with Crippen molar-refractivity contribution in [3.05, 3.63) is 17.7 Å². The summed E-state index contributed by atoms with van der Waals surface area (Å²) in [6, 6.07) is 3.64. The summed E-state index contributed by atoms with van der Waals surface area (Å²) in [6.45, 7) is 5.89. The van der Waals surface area contributed by atoms with Gasteiger partial charge in [-0.15, -0.1) is 5.10 Å². The molecular weight excluding hydrogens is 318 g/mol. The number of methoxy groups -OCH3 is 2. The van der Waals surface area contributed by atoms with E-state index in [2.05, 4.69) is 15.2 Å². The summed E-state index contributed by atoms with van der Waals surface area (Å²) < 4.78 is 10.7. The summed E-state index contributed by atoms with van der Waals surface area (Å²) in [5.74, 6) is 0.876. The molecule has 7 nitrogen and oxygen atoms in total. The minimum atomic E-state index is -0.913. The van der Waals surface area contributed by atoms with E-state index in [4.69, 9.17) is 14.6 Å². The van der Waals surface area contributed by atoms with Crippen LogP contribution in [-0.2, 0) is 4.79 Å². The van der Waals surface area contributed by atoms with Gasteiger partial charge in [0.15, 0.2) is 5.82 Å². The van der Waals surface area contributed by atoms with Crippen molar-refractivity contribution in [3.8, 4) is 22.9 Å². The first-order chi connectivity index (χ1) is 11.1. The van der Waals surface area contributed by atoms with Crippen molar-refractivity contribution in [2.75, 3.05) is 20.0 Å². The summed E-state index contributed by atoms with van der Waals surface area (Å²) in [4.78, 5) is 14.8. The molecule has 0 amide bonds. The van der Waals surface area contributed by atoms with E-state index in [1.54, 1.807) is 14.2 Å². The Morgan fingerprint density at radius 1 is 1.30 bits per heavy atom. The normalized spacial score (nSPS) is 9.78. The SMILES string of the molecule is CC.COc1ccc(-c2nc(SCC(=O)O)n[nH]2)c(OC)c1C. The Labute approximate surface area is 139 Å². The smallest absolute Gasteiger partial charge is 0.313 e. The van der Waals surface area contributed by atoms with Gasteiger partial charge >= 0.3 is 5.97 Å². The van der Waals surface area contributed by atoms with E-state index < -0.39 is 5.97 Å². The van der Waals surface area contributed by atoms with Crippen molar-refractivity contribution in [3.63, 3.8) is 0 Å². The van der Waals surface area contributed by atoms with Crippen LogP contribution in [0.5, 0.6) is 11.5 Å². The summed E-state index contributed by atoms with van der Waals surface area (Å²) in [6.07, 6.45) is 0. The van der Waals surface area contributed by atoms with Crippen molar-refractivity contribution in [2.45, 2.75) is 25.9 Å². The molecule has 0 radical (unpaired) electrons. The molecule has 0 aliphatic rings. The molecule has 2 N–H and O–H groups in total. The van der Waals surface area contributed by atoms with Crippen LogP contribution in [0, 0.1) is 6.92 Å². The number of hydrogen-bond donors (Lipinski definition) is 2. The molecule has 23 heavy (non-hydrogen) atoms. The molecule has 126 valence electrons. The lowest BCUT2D eigenvalue weighted by Gasteiger charge is -2.12. The molecule has 0 fully saturated rings. The number of rotatable bonds is 6. The average molecular weight is 339 g/mol. The van der Waals surface area contributed by atoms with Crippen LogP contribution < -0.4 is 9.47 Å². The molecule has 0 spiro atoms. The Morgan fingerprint density at radius 3 is 2.57 bits per heavy atom. The summed E-state index contributed by atoms with van der Waals surface area (Å²) in [5, 5.41) is 15.8. The Kier molecular flexibility index (Phi) is 7.40. The molecule has 2 aromatic rings. The molecule has 1 aromatic carbocycles. The van der Waals surface area contributed by atoms with Crippen molar-refractivity contribution in [1.82, 2.24) is 15.2 Å². The highest BCUT2D eigenvalue weighted by Crippen LogP contribution is 2.36. The van der Waals surface area contributed by atoms with Gasteiger partial charge in [-0.1, -0.05) is 25.6 Å². The van der Waals surface area contributed by atoms with Crippen LogP contribution in [0.2, 0.25) is 0 Å². The van der Waals surface area contributed by atoms with Gasteiger partial charge in [-0.25, -0.2) is 4.98 Å². The van der Waals surface area contributed by atoms with Gasteiger partial charge in [0.1, 0.15) is 11.5 Å². The van der Waals surface area contributed by atoms with E-state index in [1.165, 1.54) is 0 Å². The van der Waals surface area contributed by atoms with Gasteiger partial charge in [-0.05, 0) is 19.1 Å². The first kappa shape index (κ1) is 18.8. The minimum absolute atomic E-state index is 0.0872. The summed E-state index contributed by atoms with van der Waals surface area (Å²) >= 11 is 1.05. The average Bonchev–Trinajstić information content (AvgIpc) is 3.03. The van der Waals surface area contributed by atoms with E-state index in [-0.39, 0.29) is 5.75 Å². The van der Waals surface area contributed by atoms with Gasteiger partial charge in [0, 0.05) is 5.56 Å². The second-order valence-corrected chi connectivity index (χ2v) is 5.07. The van der Waals surface area contributed by atoms with Gasteiger partial charge in [0.2, 0.25) is 5.16 Å². The molecule has 1 heterocycles. The Balaban J connectivity index is 0.00000127. The van der Waals surface area contributed by atoms with Crippen LogP contribution in [-0.4, -0.2) is 46.2 Å². The lowest BCUT2D eigenvalue weighted by Crippen LogP contribution is -1.98. The van der Waals surface area contributed by atoms with Crippen molar-refractivity contribution < 1.29 is 19.4 Å². The van der Waals surface area contributed by atoms with Crippen LogP contribution >= 0.6 is 11.8 Å². The predicted octanol–water partition coefficient (Wildman–Crippen LogP) is 3.00. The number of aromatic nitrogens is 3. The highest BCUT2D eigenvalue weighted by molar-refractivity contribution is 7.99. The number of carbonyl (C=O) groups is 1. The molecule has 0 saturated heterocycles. The number of H-pyrrole nitrogens is 1. The molecule has 0 unspecified atom stereocenters. The quantitative estimate of drug-likeness (QED) is 0.781.